The summed E-state index contributed by atoms with van der Waals surface area (Å²) in [4.78, 5) is 10.2. The Hall–Kier alpha value is -2.41. The Bertz CT molecular complexity index is 528. The quantitative estimate of drug-likeness (QED) is 0.820. The molecule has 2 rings (SSSR count). The van der Waals surface area contributed by atoms with Gasteiger partial charge in [-0.25, -0.2) is 9.97 Å². The van der Waals surface area contributed by atoms with E-state index in [9.17, 15) is 0 Å². The minimum absolute atomic E-state index is 0.203. The highest BCUT2D eigenvalue weighted by molar-refractivity contribution is 5.43. The van der Waals surface area contributed by atoms with Gasteiger partial charge in [-0.2, -0.15) is 5.26 Å². The molecule has 1 heterocycles. The molecular weight excluding hydrogens is 224 g/mol. The van der Waals surface area contributed by atoms with E-state index in [1.165, 1.54) is 5.56 Å². The van der Waals surface area contributed by atoms with E-state index in [1.54, 1.807) is 12.4 Å². The minimum atomic E-state index is 0.203. The molecule has 90 valence electrons. The van der Waals surface area contributed by atoms with Crippen LogP contribution in [-0.4, -0.2) is 16.5 Å². The van der Waals surface area contributed by atoms with Crippen molar-refractivity contribution in [3.05, 3.63) is 54.1 Å². The van der Waals surface area contributed by atoms with Crippen molar-refractivity contribution in [3.8, 4) is 6.07 Å². The molecule has 0 saturated carbocycles. The normalized spacial score (nSPS) is 9.78. The van der Waals surface area contributed by atoms with Crippen LogP contribution in [-0.2, 0) is 6.54 Å². The van der Waals surface area contributed by atoms with Gasteiger partial charge in [0.15, 0.2) is 0 Å². The van der Waals surface area contributed by atoms with Gasteiger partial charge in [-0.05, 0) is 12.5 Å². The van der Waals surface area contributed by atoms with Crippen molar-refractivity contribution >= 4 is 5.69 Å². The molecule has 18 heavy (non-hydrogen) atoms. The Balaban J connectivity index is 2.15. The number of hydrogen-bond acceptors (Lipinski definition) is 4. The molecule has 0 N–H and O–H groups in total. The molecule has 0 unspecified atom stereocenters. The van der Waals surface area contributed by atoms with E-state index in [0.717, 1.165) is 18.8 Å². The molecule has 0 aliphatic rings. The smallest absolute Gasteiger partial charge is 0.232 e. The summed E-state index contributed by atoms with van der Waals surface area (Å²) in [5, 5.41) is 8.67. The molecule has 4 heteroatoms. The van der Waals surface area contributed by atoms with Crippen LogP contribution in [0, 0.1) is 11.3 Å². The van der Waals surface area contributed by atoms with Crippen LogP contribution in [0.5, 0.6) is 0 Å². The second-order valence-corrected chi connectivity index (χ2v) is 3.88. The molecular formula is C14H14N4. The molecule has 0 spiro atoms. The largest absolute Gasteiger partial charge is 0.365 e. The third-order valence-electron chi connectivity index (χ3n) is 2.70. The highest BCUT2D eigenvalue weighted by Crippen LogP contribution is 2.14. The maximum Gasteiger partial charge on any atom is 0.232 e. The Kier molecular flexibility index (Phi) is 3.87. The van der Waals surface area contributed by atoms with Gasteiger partial charge in [0, 0.05) is 13.1 Å². The molecule has 0 radical (unpaired) electrons. The molecule has 0 bridgehead atoms. The van der Waals surface area contributed by atoms with Crippen molar-refractivity contribution in [1.29, 1.82) is 5.26 Å². The van der Waals surface area contributed by atoms with Gasteiger partial charge in [0.2, 0.25) is 5.82 Å². The van der Waals surface area contributed by atoms with E-state index in [0.29, 0.717) is 0 Å². The Morgan fingerprint density at radius 3 is 2.39 bits per heavy atom. The lowest BCUT2D eigenvalue weighted by atomic mass is 10.2. The lowest BCUT2D eigenvalue weighted by Crippen LogP contribution is -2.22. The number of rotatable bonds is 4. The second kappa shape index (κ2) is 5.78. The molecule has 0 amide bonds. The molecule has 0 fully saturated rings. The maximum absolute atomic E-state index is 8.67. The summed E-state index contributed by atoms with van der Waals surface area (Å²) in [6.45, 7) is 3.76. The maximum atomic E-state index is 8.67. The van der Waals surface area contributed by atoms with Crippen LogP contribution < -0.4 is 4.90 Å². The lowest BCUT2D eigenvalue weighted by Gasteiger charge is -2.22. The van der Waals surface area contributed by atoms with Gasteiger partial charge in [-0.1, -0.05) is 30.3 Å². The van der Waals surface area contributed by atoms with Gasteiger partial charge < -0.3 is 4.90 Å². The number of nitriles is 1. The van der Waals surface area contributed by atoms with E-state index in [-0.39, 0.29) is 5.82 Å². The number of hydrogen-bond donors (Lipinski definition) is 0. The highest BCUT2D eigenvalue weighted by Gasteiger charge is 2.06. The Labute approximate surface area is 107 Å². The minimum Gasteiger partial charge on any atom is -0.365 e. The number of anilines is 1. The molecule has 1 aromatic heterocycles. The molecule has 0 saturated heterocycles. The van der Waals surface area contributed by atoms with Gasteiger partial charge in [-0.15, -0.1) is 0 Å². The molecule has 4 nitrogen and oxygen atoms in total. The molecule has 2 aromatic rings. The van der Waals surface area contributed by atoms with Gasteiger partial charge in [0.25, 0.3) is 0 Å². The van der Waals surface area contributed by atoms with Crippen LogP contribution in [0.1, 0.15) is 18.3 Å². The van der Waals surface area contributed by atoms with Crippen LogP contribution in [0.25, 0.3) is 0 Å². The summed E-state index contributed by atoms with van der Waals surface area (Å²) in [5.74, 6) is 0.203. The lowest BCUT2D eigenvalue weighted by molar-refractivity contribution is 0.823. The van der Waals surface area contributed by atoms with Crippen LogP contribution in [0.4, 0.5) is 5.69 Å². The third-order valence-corrected chi connectivity index (χ3v) is 2.70. The highest BCUT2D eigenvalue weighted by atomic mass is 15.1. The number of aromatic nitrogens is 2. The van der Waals surface area contributed by atoms with E-state index < -0.39 is 0 Å². The van der Waals surface area contributed by atoms with Gasteiger partial charge >= 0.3 is 0 Å². The molecule has 0 atom stereocenters. The fourth-order valence-corrected chi connectivity index (χ4v) is 1.73. The van der Waals surface area contributed by atoms with Crippen LogP contribution in [0.15, 0.2) is 42.7 Å². The fraction of sp³-hybridized carbons (Fsp3) is 0.214. The topological polar surface area (TPSA) is 52.8 Å². The second-order valence-electron chi connectivity index (χ2n) is 3.88. The average Bonchev–Trinajstić information content (AvgIpc) is 2.46. The Morgan fingerprint density at radius 1 is 1.17 bits per heavy atom. The first-order chi connectivity index (χ1) is 8.83. The van der Waals surface area contributed by atoms with E-state index >= 15 is 0 Å². The van der Waals surface area contributed by atoms with Crippen molar-refractivity contribution < 1.29 is 0 Å². The van der Waals surface area contributed by atoms with Crippen molar-refractivity contribution in [3.63, 3.8) is 0 Å². The number of benzene rings is 1. The monoisotopic (exact) mass is 238 g/mol. The molecule has 0 aliphatic heterocycles. The summed E-state index contributed by atoms with van der Waals surface area (Å²) >= 11 is 0. The van der Waals surface area contributed by atoms with Crippen molar-refractivity contribution in [2.24, 2.45) is 0 Å². The van der Waals surface area contributed by atoms with Crippen LogP contribution in [0.3, 0.4) is 0 Å². The first-order valence-corrected chi connectivity index (χ1v) is 5.84. The van der Waals surface area contributed by atoms with Gasteiger partial charge in [0.05, 0.1) is 18.1 Å². The predicted molar refractivity (Wildman–Crippen MR) is 69.9 cm³/mol. The molecule has 1 aromatic carbocycles. The number of nitrogens with zero attached hydrogens (tertiary/aromatic N) is 4. The predicted octanol–water partition coefficient (Wildman–Crippen LogP) is 2.37. The zero-order valence-corrected chi connectivity index (χ0v) is 10.2. The Morgan fingerprint density at radius 2 is 1.83 bits per heavy atom. The SMILES string of the molecule is CCN(Cc1ccccc1)c1cnc(C#N)nc1. The van der Waals surface area contributed by atoms with Crippen LogP contribution >= 0.6 is 0 Å². The van der Waals surface area contributed by atoms with Crippen molar-refractivity contribution in [1.82, 2.24) is 9.97 Å². The van der Waals surface area contributed by atoms with Gasteiger partial charge in [-0.3, -0.25) is 0 Å². The third kappa shape index (κ3) is 2.83. The zero-order chi connectivity index (χ0) is 12.8. The van der Waals surface area contributed by atoms with E-state index in [4.69, 9.17) is 5.26 Å². The summed E-state index contributed by atoms with van der Waals surface area (Å²) in [6.07, 6.45) is 3.38. The summed E-state index contributed by atoms with van der Waals surface area (Å²) in [7, 11) is 0. The van der Waals surface area contributed by atoms with E-state index in [1.807, 2.05) is 24.3 Å². The summed E-state index contributed by atoms with van der Waals surface area (Å²) in [6, 6.07) is 12.2. The summed E-state index contributed by atoms with van der Waals surface area (Å²) < 4.78 is 0. The fourth-order valence-electron chi connectivity index (χ4n) is 1.73. The first-order valence-electron chi connectivity index (χ1n) is 5.84. The first kappa shape index (κ1) is 12.1. The van der Waals surface area contributed by atoms with Crippen LogP contribution in [0.2, 0.25) is 0 Å². The van der Waals surface area contributed by atoms with Crippen molar-refractivity contribution in [2.45, 2.75) is 13.5 Å². The van der Waals surface area contributed by atoms with Crippen molar-refractivity contribution in [2.75, 3.05) is 11.4 Å². The standard InChI is InChI=1S/C14H14N4/c1-2-18(11-12-6-4-3-5-7-12)13-9-16-14(8-15)17-10-13/h3-7,9-10H,2,11H2,1H3. The van der Waals surface area contributed by atoms with Gasteiger partial charge in [0.1, 0.15) is 6.07 Å². The average molecular weight is 238 g/mol. The zero-order valence-electron chi connectivity index (χ0n) is 10.2. The summed E-state index contributed by atoms with van der Waals surface area (Å²) in [5.41, 5.74) is 2.17. The van der Waals surface area contributed by atoms with E-state index in [2.05, 4.69) is 33.9 Å². The molecule has 0 aliphatic carbocycles.